The van der Waals surface area contributed by atoms with Gasteiger partial charge in [0.15, 0.2) is 19.0 Å². The van der Waals surface area contributed by atoms with Gasteiger partial charge in [0.1, 0.15) is 5.75 Å². The molecule has 0 atom stereocenters. The SMILES string of the molecule is CC(=O)c1ccc(NC(=O)COC(=O)COc2c(C)cccc2C)cc1. The number of Topliss-reactive ketones (excluding diaryl/α,β-unsaturated/α-hetero) is 1. The molecule has 136 valence electrons. The van der Waals surface area contributed by atoms with E-state index in [1.807, 2.05) is 32.0 Å². The molecule has 0 unspecified atom stereocenters. The fourth-order valence-electron chi connectivity index (χ4n) is 2.33. The summed E-state index contributed by atoms with van der Waals surface area (Å²) < 4.78 is 10.4. The molecule has 1 N–H and O–H groups in total. The molecule has 0 heterocycles. The highest BCUT2D eigenvalue weighted by atomic mass is 16.6. The number of anilines is 1. The molecule has 2 rings (SSSR count). The van der Waals surface area contributed by atoms with Gasteiger partial charge in [-0.2, -0.15) is 0 Å². The zero-order valence-corrected chi connectivity index (χ0v) is 15.0. The van der Waals surface area contributed by atoms with E-state index < -0.39 is 18.5 Å². The largest absolute Gasteiger partial charge is 0.481 e. The Morgan fingerprint density at radius 3 is 2.12 bits per heavy atom. The number of nitrogens with one attached hydrogen (secondary N) is 1. The number of hydrogen-bond donors (Lipinski definition) is 1. The van der Waals surface area contributed by atoms with E-state index in [1.54, 1.807) is 24.3 Å². The number of aryl methyl sites for hydroxylation is 2. The van der Waals surface area contributed by atoms with Crippen molar-refractivity contribution in [3.8, 4) is 5.75 Å². The van der Waals surface area contributed by atoms with Crippen molar-refractivity contribution in [1.29, 1.82) is 0 Å². The minimum Gasteiger partial charge on any atom is -0.481 e. The number of ether oxygens (including phenoxy) is 2. The summed E-state index contributed by atoms with van der Waals surface area (Å²) in [5.74, 6) is -0.518. The topological polar surface area (TPSA) is 81.7 Å². The highest BCUT2D eigenvalue weighted by Crippen LogP contribution is 2.22. The van der Waals surface area contributed by atoms with Gasteiger partial charge >= 0.3 is 5.97 Å². The van der Waals surface area contributed by atoms with Crippen molar-refractivity contribution in [2.45, 2.75) is 20.8 Å². The third-order valence-electron chi connectivity index (χ3n) is 3.68. The zero-order chi connectivity index (χ0) is 19.1. The highest BCUT2D eigenvalue weighted by Gasteiger charge is 2.11. The van der Waals surface area contributed by atoms with Gasteiger partial charge in [-0.15, -0.1) is 0 Å². The molecule has 0 radical (unpaired) electrons. The Balaban J connectivity index is 1.78. The summed E-state index contributed by atoms with van der Waals surface area (Å²) in [6, 6.07) is 12.1. The van der Waals surface area contributed by atoms with E-state index in [4.69, 9.17) is 9.47 Å². The van der Waals surface area contributed by atoms with Crippen LogP contribution in [0.5, 0.6) is 5.75 Å². The number of carbonyl (C=O) groups is 3. The van der Waals surface area contributed by atoms with E-state index in [2.05, 4.69) is 5.32 Å². The lowest BCUT2D eigenvalue weighted by Gasteiger charge is -2.11. The van der Waals surface area contributed by atoms with Gasteiger partial charge in [0, 0.05) is 11.3 Å². The maximum Gasteiger partial charge on any atom is 0.344 e. The molecule has 0 aliphatic rings. The van der Waals surface area contributed by atoms with Gasteiger partial charge in [-0.05, 0) is 56.2 Å². The van der Waals surface area contributed by atoms with Gasteiger partial charge in [0.25, 0.3) is 5.91 Å². The first-order chi connectivity index (χ1) is 12.4. The molecular formula is C20H21NO5. The van der Waals surface area contributed by atoms with E-state index in [-0.39, 0.29) is 12.4 Å². The minimum absolute atomic E-state index is 0.0549. The number of benzene rings is 2. The molecule has 0 saturated heterocycles. The van der Waals surface area contributed by atoms with Gasteiger partial charge in [-0.1, -0.05) is 18.2 Å². The van der Waals surface area contributed by atoms with Crippen molar-refractivity contribution in [2.24, 2.45) is 0 Å². The Morgan fingerprint density at radius 1 is 0.923 bits per heavy atom. The molecule has 0 saturated carbocycles. The van der Waals surface area contributed by atoms with E-state index in [0.29, 0.717) is 17.0 Å². The lowest BCUT2D eigenvalue weighted by atomic mass is 10.1. The number of esters is 1. The van der Waals surface area contributed by atoms with Crippen LogP contribution in [0, 0.1) is 13.8 Å². The molecular weight excluding hydrogens is 334 g/mol. The van der Waals surface area contributed by atoms with Crippen LogP contribution in [0.1, 0.15) is 28.4 Å². The van der Waals surface area contributed by atoms with Crippen LogP contribution in [0.3, 0.4) is 0 Å². The Kier molecular flexibility index (Phi) is 6.49. The molecule has 0 aliphatic carbocycles. The third kappa shape index (κ3) is 5.44. The van der Waals surface area contributed by atoms with Crippen molar-refractivity contribution in [3.05, 3.63) is 59.2 Å². The summed E-state index contributed by atoms with van der Waals surface area (Å²) in [7, 11) is 0. The second-order valence-corrected chi connectivity index (χ2v) is 5.85. The summed E-state index contributed by atoms with van der Waals surface area (Å²) in [4.78, 5) is 34.8. The normalized spacial score (nSPS) is 10.1. The van der Waals surface area contributed by atoms with E-state index in [1.165, 1.54) is 6.92 Å². The quantitative estimate of drug-likeness (QED) is 0.610. The van der Waals surface area contributed by atoms with Crippen LogP contribution in [0.4, 0.5) is 5.69 Å². The fourth-order valence-corrected chi connectivity index (χ4v) is 2.33. The van der Waals surface area contributed by atoms with Crippen LogP contribution >= 0.6 is 0 Å². The first-order valence-corrected chi connectivity index (χ1v) is 8.12. The molecule has 0 bridgehead atoms. The molecule has 6 heteroatoms. The van der Waals surface area contributed by atoms with Crippen molar-refractivity contribution in [2.75, 3.05) is 18.5 Å². The van der Waals surface area contributed by atoms with E-state index in [0.717, 1.165) is 11.1 Å². The fraction of sp³-hybridized carbons (Fsp3) is 0.250. The molecule has 2 aromatic rings. The minimum atomic E-state index is -0.630. The predicted molar refractivity (Wildman–Crippen MR) is 97.4 cm³/mol. The highest BCUT2D eigenvalue weighted by molar-refractivity contribution is 5.96. The maximum atomic E-state index is 11.8. The first-order valence-electron chi connectivity index (χ1n) is 8.12. The lowest BCUT2D eigenvalue weighted by Crippen LogP contribution is -2.23. The Hall–Kier alpha value is -3.15. The Morgan fingerprint density at radius 2 is 1.54 bits per heavy atom. The zero-order valence-electron chi connectivity index (χ0n) is 15.0. The summed E-state index contributed by atoms with van der Waals surface area (Å²) in [5, 5.41) is 2.59. The van der Waals surface area contributed by atoms with Crippen molar-refractivity contribution in [3.63, 3.8) is 0 Å². The standard InChI is InChI=1S/C20H21NO5/c1-13-5-4-6-14(2)20(13)26-12-19(24)25-11-18(23)21-17-9-7-16(8-10-17)15(3)22/h4-10H,11-12H2,1-3H3,(H,21,23). The summed E-state index contributed by atoms with van der Waals surface area (Å²) in [6.07, 6.45) is 0. The molecule has 0 fully saturated rings. The van der Waals surface area contributed by atoms with Crippen LogP contribution < -0.4 is 10.1 Å². The molecule has 26 heavy (non-hydrogen) atoms. The second-order valence-electron chi connectivity index (χ2n) is 5.85. The van der Waals surface area contributed by atoms with Crippen molar-refractivity contribution < 1.29 is 23.9 Å². The summed E-state index contributed by atoms with van der Waals surface area (Å²) in [5.41, 5.74) is 2.91. The van der Waals surface area contributed by atoms with Crippen LogP contribution in [-0.4, -0.2) is 30.9 Å². The number of para-hydroxylation sites is 1. The van der Waals surface area contributed by atoms with Crippen LogP contribution in [0.2, 0.25) is 0 Å². The summed E-state index contributed by atoms with van der Waals surface area (Å²) >= 11 is 0. The van der Waals surface area contributed by atoms with Gasteiger partial charge in [0.2, 0.25) is 0 Å². The average molecular weight is 355 g/mol. The van der Waals surface area contributed by atoms with Gasteiger partial charge in [-0.3, -0.25) is 9.59 Å². The van der Waals surface area contributed by atoms with E-state index >= 15 is 0 Å². The lowest BCUT2D eigenvalue weighted by molar-refractivity contribution is -0.149. The smallest absolute Gasteiger partial charge is 0.344 e. The van der Waals surface area contributed by atoms with Crippen LogP contribution in [-0.2, 0) is 14.3 Å². The third-order valence-corrected chi connectivity index (χ3v) is 3.68. The van der Waals surface area contributed by atoms with Crippen molar-refractivity contribution >= 4 is 23.3 Å². The number of carbonyl (C=O) groups excluding carboxylic acids is 3. The Labute approximate surface area is 152 Å². The maximum absolute atomic E-state index is 11.8. The monoisotopic (exact) mass is 355 g/mol. The van der Waals surface area contributed by atoms with Gasteiger partial charge < -0.3 is 14.8 Å². The second kappa shape index (κ2) is 8.80. The average Bonchev–Trinajstić information content (AvgIpc) is 2.60. The molecule has 0 aromatic heterocycles. The number of rotatable bonds is 7. The molecule has 0 spiro atoms. The molecule has 6 nitrogen and oxygen atoms in total. The van der Waals surface area contributed by atoms with Gasteiger partial charge in [0.05, 0.1) is 0 Å². The number of amides is 1. The summed E-state index contributed by atoms with van der Waals surface area (Å²) in [6.45, 7) is 4.56. The van der Waals surface area contributed by atoms with Crippen LogP contribution in [0.25, 0.3) is 0 Å². The predicted octanol–water partition coefficient (Wildman–Crippen LogP) is 3.07. The Bertz CT molecular complexity index is 791. The molecule has 2 aromatic carbocycles. The number of ketones is 1. The molecule has 0 aliphatic heterocycles. The van der Waals surface area contributed by atoms with Crippen molar-refractivity contribution in [1.82, 2.24) is 0 Å². The van der Waals surface area contributed by atoms with E-state index in [9.17, 15) is 14.4 Å². The first kappa shape index (κ1) is 19.2. The number of hydrogen-bond acceptors (Lipinski definition) is 5. The van der Waals surface area contributed by atoms with Crippen LogP contribution in [0.15, 0.2) is 42.5 Å². The molecule has 1 amide bonds. The van der Waals surface area contributed by atoms with Gasteiger partial charge in [-0.25, -0.2) is 4.79 Å².